The minimum absolute atomic E-state index is 0.0306. The highest BCUT2D eigenvalue weighted by molar-refractivity contribution is 9.10. The second-order valence-corrected chi connectivity index (χ2v) is 6.96. The summed E-state index contributed by atoms with van der Waals surface area (Å²) >= 11 is 5.05. The molecule has 1 N–H and O–H groups in total. The highest BCUT2D eigenvalue weighted by Crippen LogP contribution is 2.26. The molecule has 0 bridgehead atoms. The highest BCUT2D eigenvalue weighted by atomic mass is 79.9. The van der Waals surface area contributed by atoms with Crippen LogP contribution >= 0.6 is 27.3 Å². The standard InChI is InChI=1S/C14H19BrN2O2S/c1-3-14(4-2)13(19)17(6-5-12(18)16-14)8-11-7-10(15)9-20-11/h7,9H,3-6,8H2,1-2H3,(H,16,18). The molecule has 0 unspecified atom stereocenters. The van der Waals surface area contributed by atoms with E-state index in [0.717, 1.165) is 9.35 Å². The normalized spacial score (nSPS) is 18.9. The van der Waals surface area contributed by atoms with E-state index in [-0.39, 0.29) is 11.8 Å². The zero-order valence-corrected chi connectivity index (χ0v) is 14.1. The average Bonchev–Trinajstić information content (AvgIpc) is 2.80. The summed E-state index contributed by atoms with van der Waals surface area (Å²) in [5.41, 5.74) is -0.734. The van der Waals surface area contributed by atoms with Gasteiger partial charge in [-0.1, -0.05) is 13.8 Å². The molecule has 0 spiro atoms. The van der Waals surface area contributed by atoms with E-state index in [4.69, 9.17) is 0 Å². The van der Waals surface area contributed by atoms with Crippen LogP contribution in [0.15, 0.2) is 15.9 Å². The maximum atomic E-state index is 12.8. The summed E-state index contributed by atoms with van der Waals surface area (Å²) in [5.74, 6) is 0.00906. The number of nitrogens with one attached hydrogen (secondary N) is 1. The van der Waals surface area contributed by atoms with Crippen molar-refractivity contribution in [2.75, 3.05) is 6.54 Å². The second kappa shape index (κ2) is 6.26. The molecule has 1 fully saturated rings. The molecule has 0 aromatic carbocycles. The molecule has 1 aliphatic heterocycles. The molecule has 1 aromatic heterocycles. The van der Waals surface area contributed by atoms with Crippen molar-refractivity contribution in [1.29, 1.82) is 0 Å². The number of amides is 2. The van der Waals surface area contributed by atoms with Crippen molar-refractivity contribution in [3.05, 3.63) is 20.8 Å². The number of thiophene rings is 1. The first-order valence-corrected chi connectivity index (χ1v) is 8.51. The molecular weight excluding hydrogens is 340 g/mol. The quantitative estimate of drug-likeness (QED) is 0.899. The Morgan fingerprint density at radius 2 is 2.10 bits per heavy atom. The van der Waals surface area contributed by atoms with E-state index >= 15 is 0 Å². The minimum atomic E-state index is -0.734. The van der Waals surface area contributed by atoms with Crippen molar-refractivity contribution in [1.82, 2.24) is 10.2 Å². The van der Waals surface area contributed by atoms with Gasteiger partial charge in [-0.2, -0.15) is 0 Å². The molecular formula is C14H19BrN2O2S. The summed E-state index contributed by atoms with van der Waals surface area (Å²) in [6.45, 7) is 4.97. The van der Waals surface area contributed by atoms with Crippen LogP contribution in [0.4, 0.5) is 0 Å². The third kappa shape index (κ3) is 3.06. The first-order valence-electron chi connectivity index (χ1n) is 6.84. The van der Waals surface area contributed by atoms with E-state index in [1.807, 2.05) is 30.2 Å². The number of carbonyl (C=O) groups is 2. The van der Waals surface area contributed by atoms with Crippen molar-refractivity contribution in [2.45, 2.75) is 45.2 Å². The summed E-state index contributed by atoms with van der Waals surface area (Å²) < 4.78 is 1.03. The summed E-state index contributed by atoms with van der Waals surface area (Å²) in [6.07, 6.45) is 1.62. The monoisotopic (exact) mass is 358 g/mol. The molecule has 0 aliphatic carbocycles. The Kier molecular flexibility index (Phi) is 4.86. The Balaban J connectivity index is 2.23. The molecule has 1 aromatic rings. The summed E-state index contributed by atoms with van der Waals surface area (Å²) in [7, 11) is 0. The Labute approximate surface area is 131 Å². The van der Waals surface area contributed by atoms with E-state index < -0.39 is 5.54 Å². The first-order chi connectivity index (χ1) is 9.50. The van der Waals surface area contributed by atoms with Gasteiger partial charge in [0.25, 0.3) is 0 Å². The van der Waals surface area contributed by atoms with Crippen LogP contribution in [0.5, 0.6) is 0 Å². The number of nitrogens with zero attached hydrogens (tertiary/aromatic N) is 1. The fourth-order valence-corrected chi connectivity index (χ4v) is 3.99. The SMILES string of the molecule is CCC1(CC)NC(=O)CCN(Cc2cc(Br)cs2)C1=O. The van der Waals surface area contributed by atoms with Gasteiger partial charge in [-0.25, -0.2) is 0 Å². The van der Waals surface area contributed by atoms with E-state index in [1.54, 1.807) is 11.3 Å². The Morgan fingerprint density at radius 1 is 1.40 bits per heavy atom. The van der Waals surface area contributed by atoms with Crippen LogP contribution in [0.25, 0.3) is 0 Å². The Hall–Kier alpha value is -0.880. The van der Waals surface area contributed by atoms with E-state index in [1.165, 1.54) is 0 Å². The fraction of sp³-hybridized carbons (Fsp3) is 0.571. The van der Waals surface area contributed by atoms with Gasteiger partial charge >= 0.3 is 0 Å². The van der Waals surface area contributed by atoms with E-state index in [0.29, 0.717) is 32.4 Å². The molecule has 0 atom stereocenters. The molecule has 0 radical (unpaired) electrons. The van der Waals surface area contributed by atoms with Gasteiger partial charge in [0.2, 0.25) is 11.8 Å². The molecule has 2 amide bonds. The predicted octanol–water partition coefficient (Wildman–Crippen LogP) is 2.92. The van der Waals surface area contributed by atoms with Gasteiger partial charge in [0, 0.05) is 27.7 Å². The molecule has 2 heterocycles. The van der Waals surface area contributed by atoms with Crippen LogP contribution in [0.3, 0.4) is 0 Å². The number of hydrogen-bond acceptors (Lipinski definition) is 3. The molecule has 110 valence electrons. The molecule has 2 rings (SSSR count). The predicted molar refractivity (Wildman–Crippen MR) is 83.5 cm³/mol. The minimum Gasteiger partial charge on any atom is -0.342 e. The number of carbonyl (C=O) groups excluding carboxylic acids is 2. The number of hydrogen-bond donors (Lipinski definition) is 1. The molecule has 0 saturated carbocycles. The van der Waals surface area contributed by atoms with Gasteiger partial charge in [-0.05, 0) is 34.8 Å². The molecule has 1 saturated heterocycles. The van der Waals surface area contributed by atoms with Crippen LogP contribution in [0, 0.1) is 0 Å². The smallest absolute Gasteiger partial charge is 0.248 e. The highest BCUT2D eigenvalue weighted by Gasteiger charge is 2.41. The number of rotatable bonds is 4. The Morgan fingerprint density at radius 3 is 2.65 bits per heavy atom. The van der Waals surface area contributed by atoms with Gasteiger partial charge in [0.1, 0.15) is 5.54 Å². The van der Waals surface area contributed by atoms with Crippen LogP contribution in [-0.2, 0) is 16.1 Å². The van der Waals surface area contributed by atoms with Gasteiger partial charge in [0.15, 0.2) is 0 Å². The maximum absolute atomic E-state index is 12.8. The molecule has 20 heavy (non-hydrogen) atoms. The maximum Gasteiger partial charge on any atom is 0.248 e. The van der Waals surface area contributed by atoms with Crippen LogP contribution in [0.2, 0.25) is 0 Å². The summed E-state index contributed by atoms with van der Waals surface area (Å²) in [4.78, 5) is 27.6. The van der Waals surface area contributed by atoms with Crippen molar-refractivity contribution >= 4 is 39.1 Å². The van der Waals surface area contributed by atoms with E-state index in [9.17, 15) is 9.59 Å². The summed E-state index contributed by atoms with van der Waals surface area (Å²) in [5, 5.41) is 4.93. The topological polar surface area (TPSA) is 49.4 Å². The third-order valence-electron chi connectivity index (χ3n) is 3.86. The van der Waals surface area contributed by atoms with Crippen LogP contribution in [-0.4, -0.2) is 28.8 Å². The van der Waals surface area contributed by atoms with Crippen molar-refractivity contribution in [3.8, 4) is 0 Å². The molecule has 1 aliphatic rings. The molecule has 4 nitrogen and oxygen atoms in total. The zero-order chi connectivity index (χ0) is 14.8. The lowest BCUT2D eigenvalue weighted by Crippen LogP contribution is -2.56. The van der Waals surface area contributed by atoms with Gasteiger partial charge in [-0.3, -0.25) is 9.59 Å². The fourth-order valence-electron chi connectivity index (χ4n) is 2.53. The first kappa shape index (κ1) is 15.5. The Bertz CT molecular complexity index is 511. The van der Waals surface area contributed by atoms with Gasteiger partial charge < -0.3 is 10.2 Å². The third-order valence-corrected chi connectivity index (χ3v) is 5.54. The molecule has 6 heteroatoms. The van der Waals surface area contributed by atoms with Crippen molar-refractivity contribution < 1.29 is 9.59 Å². The average molecular weight is 359 g/mol. The van der Waals surface area contributed by atoms with Crippen molar-refractivity contribution in [3.63, 3.8) is 0 Å². The summed E-state index contributed by atoms with van der Waals surface area (Å²) in [6, 6.07) is 2.03. The van der Waals surface area contributed by atoms with Gasteiger partial charge in [0.05, 0.1) is 6.54 Å². The largest absolute Gasteiger partial charge is 0.342 e. The lowest BCUT2D eigenvalue weighted by atomic mass is 9.91. The van der Waals surface area contributed by atoms with Crippen LogP contribution < -0.4 is 5.32 Å². The van der Waals surface area contributed by atoms with Crippen molar-refractivity contribution in [2.24, 2.45) is 0 Å². The zero-order valence-electron chi connectivity index (χ0n) is 11.7. The van der Waals surface area contributed by atoms with Crippen LogP contribution in [0.1, 0.15) is 38.0 Å². The second-order valence-electron chi connectivity index (χ2n) is 5.05. The van der Waals surface area contributed by atoms with E-state index in [2.05, 4.69) is 21.2 Å². The lowest BCUT2D eigenvalue weighted by Gasteiger charge is -2.33. The lowest BCUT2D eigenvalue weighted by molar-refractivity contribution is -0.139. The number of halogens is 1. The van der Waals surface area contributed by atoms with Gasteiger partial charge in [-0.15, -0.1) is 11.3 Å².